The molecule has 2 atom stereocenters. The zero-order valence-corrected chi connectivity index (χ0v) is 16.7. The minimum atomic E-state index is 0.198. The second kappa shape index (κ2) is 7.62. The summed E-state index contributed by atoms with van der Waals surface area (Å²) in [6.45, 7) is 7.71. The van der Waals surface area contributed by atoms with Crippen molar-refractivity contribution in [1.29, 1.82) is 0 Å². The van der Waals surface area contributed by atoms with Crippen LogP contribution in [0.5, 0.6) is 0 Å². The number of nitrogens with zero attached hydrogens (tertiary/aromatic N) is 3. The molecule has 1 fully saturated rings. The molecule has 2 N–H and O–H groups in total. The van der Waals surface area contributed by atoms with Crippen molar-refractivity contribution in [3.8, 4) is 11.3 Å². The third kappa shape index (κ3) is 3.59. The Balaban J connectivity index is 1.72. The molecule has 4 rings (SSSR count). The minimum Gasteiger partial charge on any atom is -0.379 e. The molecule has 28 heavy (non-hydrogen) atoms. The van der Waals surface area contributed by atoms with Gasteiger partial charge in [0, 0.05) is 54.6 Å². The van der Waals surface area contributed by atoms with Crippen LogP contribution < -0.4 is 5.32 Å². The van der Waals surface area contributed by atoms with Crippen LogP contribution in [-0.2, 0) is 4.79 Å². The molecule has 0 unspecified atom stereocenters. The number of pyridine rings is 2. The van der Waals surface area contributed by atoms with E-state index >= 15 is 0 Å². The topological polar surface area (TPSA) is 73.9 Å². The van der Waals surface area contributed by atoms with E-state index in [0.717, 1.165) is 53.2 Å². The first-order valence-corrected chi connectivity index (χ1v) is 9.99. The number of carbonyl (C=O) groups excluding carboxylic acids is 1. The van der Waals surface area contributed by atoms with Gasteiger partial charge in [0.2, 0.25) is 5.91 Å². The smallest absolute Gasteiger partial charge is 0.222 e. The SMILES string of the molecule is CCC(=O)N1C[C@@H](C)C[C@@H](Nc2c(-c3cccc(C)n3)cnc3[nH]ccc23)C1. The summed E-state index contributed by atoms with van der Waals surface area (Å²) in [7, 11) is 0. The van der Waals surface area contributed by atoms with Gasteiger partial charge in [-0.2, -0.15) is 0 Å². The lowest BCUT2D eigenvalue weighted by Crippen LogP contribution is -2.48. The first-order valence-electron chi connectivity index (χ1n) is 9.99. The highest BCUT2D eigenvalue weighted by Crippen LogP contribution is 2.34. The summed E-state index contributed by atoms with van der Waals surface area (Å²) in [6.07, 6.45) is 5.37. The van der Waals surface area contributed by atoms with Crippen LogP contribution in [0, 0.1) is 12.8 Å². The van der Waals surface area contributed by atoms with Gasteiger partial charge in [-0.25, -0.2) is 4.98 Å². The standard InChI is InChI=1S/C22H27N5O/c1-4-20(28)27-12-14(2)10-16(13-27)26-21-17-8-9-23-22(17)24-11-18(21)19-7-5-6-15(3)25-19/h5-9,11,14,16H,4,10,12-13H2,1-3H3,(H2,23,24,26)/t14-,16+/m0/s1. The van der Waals surface area contributed by atoms with Crippen LogP contribution in [0.2, 0.25) is 0 Å². The van der Waals surface area contributed by atoms with E-state index in [1.165, 1.54) is 0 Å². The van der Waals surface area contributed by atoms with Crippen LogP contribution in [0.1, 0.15) is 32.4 Å². The Hall–Kier alpha value is -2.89. The van der Waals surface area contributed by atoms with Crippen LogP contribution in [0.4, 0.5) is 5.69 Å². The van der Waals surface area contributed by atoms with Gasteiger partial charge in [-0.3, -0.25) is 9.78 Å². The summed E-state index contributed by atoms with van der Waals surface area (Å²) in [6, 6.07) is 8.28. The van der Waals surface area contributed by atoms with E-state index < -0.39 is 0 Å². The predicted octanol–water partition coefficient (Wildman–Crippen LogP) is 3.99. The third-order valence-corrected chi connectivity index (χ3v) is 5.41. The maximum Gasteiger partial charge on any atom is 0.222 e. The van der Waals surface area contributed by atoms with E-state index in [1.54, 1.807) is 0 Å². The maximum atomic E-state index is 12.3. The summed E-state index contributed by atoms with van der Waals surface area (Å²) in [5.74, 6) is 0.686. The van der Waals surface area contributed by atoms with Gasteiger partial charge >= 0.3 is 0 Å². The van der Waals surface area contributed by atoms with Crippen molar-refractivity contribution >= 4 is 22.6 Å². The summed E-state index contributed by atoms with van der Waals surface area (Å²) in [4.78, 5) is 26.7. The van der Waals surface area contributed by atoms with Crippen molar-refractivity contribution < 1.29 is 4.79 Å². The predicted molar refractivity (Wildman–Crippen MR) is 112 cm³/mol. The van der Waals surface area contributed by atoms with E-state index in [0.29, 0.717) is 12.3 Å². The fourth-order valence-corrected chi connectivity index (χ4v) is 4.14. The number of aryl methyl sites for hydroxylation is 1. The molecule has 3 aromatic heterocycles. The van der Waals surface area contributed by atoms with E-state index in [1.807, 2.05) is 55.4 Å². The molecule has 1 aliphatic rings. The Bertz CT molecular complexity index is 996. The number of rotatable bonds is 4. The molecule has 4 heterocycles. The molecular formula is C22H27N5O. The molecule has 3 aromatic rings. The first kappa shape index (κ1) is 18.5. The van der Waals surface area contributed by atoms with Crippen LogP contribution in [0.3, 0.4) is 0 Å². The number of likely N-dealkylation sites (tertiary alicyclic amines) is 1. The molecule has 0 saturated carbocycles. The highest BCUT2D eigenvalue weighted by Gasteiger charge is 2.28. The van der Waals surface area contributed by atoms with Crippen molar-refractivity contribution in [2.75, 3.05) is 18.4 Å². The van der Waals surface area contributed by atoms with Crippen molar-refractivity contribution in [1.82, 2.24) is 19.9 Å². The number of fused-ring (bicyclic) bond motifs is 1. The Morgan fingerprint density at radius 1 is 1.32 bits per heavy atom. The van der Waals surface area contributed by atoms with Crippen molar-refractivity contribution in [2.24, 2.45) is 5.92 Å². The van der Waals surface area contributed by atoms with Crippen LogP contribution in [-0.4, -0.2) is 44.9 Å². The molecular weight excluding hydrogens is 350 g/mol. The van der Waals surface area contributed by atoms with E-state index in [4.69, 9.17) is 4.98 Å². The number of anilines is 1. The largest absolute Gasteiger partial charge is 0.379 e. The number of piperidine rings is 1. The van der Waals surface area contributed by atoms with Gasteiger partial charge in [-0.1, -0.05) is 19.9 Å². The maximum absolute atomic E-state index is 12.3. The average molecular weight is 377 g/mol. The van der Waals surface area contributed by atoms with Crippen LogP contribution in [0.25, 0.3) is 22.3 Å². The third-order valence-electron chi connectivity index (χ3n) is 5.41. The molecule has 146 valence electrons. The first-order chi connectivity index (χ1) is 13.5. The molecule has 1 saturated heterocycles. The van der Waals surface area contributed by atoms with Crippen molar-refractivity contribution in [3.63, 3.8) is 0 Å². The fourth-order valence-electron chi connectivity index (χ4n) is 4.14. The fraction of sp³-hybridized carbons (Fsp3) is 0.409. The number of amides is 1. The number of H-pyrrole nitrogens is 1. The molecule has 0 bridgehead atoms. The highest BCUT2D eigenvalue weighted by atomic mass is 16.2. The van der Waals surface area contributed by atoms with Gasteiger partial charge in [0.25, 0.3) is 0 Å². The van der Waals surface area contributed by atoms with Crippen LogP contribution >= 0.6 is 0 Å². The van der Waals surface area contributed by atoms with Gasteiger partial charge in [0.15, 0.2) is 0 Å². The Kier molecular flexibility index (Phi) is 5.03. The zero-order valence-electron chi connectivity index (χ0n) is 16.7. The van der Waals surface area contributed by atoms with Gasteiger partial charge in [-0.15, -0.1) is 0 Å². The molecule has 1 amide bonds. The van der Waals surface area contributed by atoms with Gasteiger partial charge in [0.05, 0.1) is 11.4 Å². The second-order valence-corrected chi connectivity index (χ2v) is 7.79. The van der Waals surface area contributed by atoms with E-state index in [2.05, 4.69) is 22.2 Å². The number of hydrogen-bond donors (Lipinski definition) is 2. The van der Waals surface area contributed by atoms with Gasteiger partial charge in [-0.05, 0) is 37.5 Å². The number of aromatic nitrogens is 3. The average Bonchev–Trinajstić information content (AvgIpc) is 3.16. The van der Waals surface area contributed by atoms with Gasteiger partial charge in [0.1, 0.15) is 5.65 Å². The molecule has 0 aromatic carbocycles. The number of carbonyl (C=O) groups is 1. The molecule has 0 spiro atoms. The molecule has 6 nitrogen and oxygen atoms in total. The zero-order chi connectivity index (χ0) is 19.7. The summed E-state index contributed by atoms with van der Waals surface area (Å²) >= 11 is 0. The number of nitrogens with one attached hydrogen (secondary N) is 2. The lowest BCUT2D eigenvalue weighted by Gasteiger charge is -2.37. The Labute approximate surface area is 165 Å². The number of hydrogen-bond acceptors (Lipinski definition) is 4. The second-order valence-electron chi connectivity index (χ2n) is 7.79. The van der Waals surface area contributed by atoms with Gasteiger partial charge < -0.3 is 15.2 Å². The quantitative estimate of drug-likeness (QED) is 0.721. The Morgan fingerprint density at radius 3 is 2.96 bits per heavy atom. The molecule has 6 heteroatoms. The summed E-state index contributed by atoms with van der Waals surface area (Å²) in [5, 5.41) is 4.79. The van der Waals surface area contributed by atoms with Crippen molar-refractivity contribution in [3.05, 3.63) is 42.4 Å². The minimum absolute atomic E-state index is 0.198. The summed E-state index contributed by atoms with van der Waals surface area (Å²) in [5.41, 5.74) is 4.76. The van der Waals surface area contributed by atoms with Crippen LogP contribution in [0.15, 0.2) is 36.7 Å². The van der Waals surface area contributed by atoms with Crippen molar-refractivity contribution in [2.45, 2.75) is 39.7 Å². The molecule has 0 radical (unpaired) electrons. The number of aromatic amines is 1. The Morgan fingerprint density at radius 2 is 2.18 bits per heavy atom. The molecule has 0 aliphatic carbocycles. The highest BCUT2D eigenvalue weighted by molar-refractivity contribution is 5.97. The molecule has 1 aliphatic heterocycles. The lowest BCUT2D eigenvalue weighted by molar-refractivity contribution is -0.132. The monoisotopic (exact) mass is 377 g/mol. The van der Waals surface area contributed by atoms with E-state index in [-0.39, 0.29) is 11.9 Å². The van der Waals surface area contributed by atoms with E-state index in [9.17, 15) is 4.79 Å². The summed E-state index contributed by atoms with van der Waals surface area (Å²) < 4.78 is 0. The normalized spacial score (nSPS) is 19.8. The lowest BCUT2D eigenvalue weighted by atomic mass is 9.95.